The lowest BCUT2D eigenvalue weighted by Crippen LogP contribution is -2.43. The number of hydrogen-bond acceptors (Lipinski definition) is 3. The largest absolute Gasteiger partial charge is 0.481 e. The molecule has 1 atom stereocenters. The minimum atomic E-state index is -0.869. The molecule has 1 unspecified atom stereocenters. The highest BCUT2D eigenvalue weighted by atomic mass is 16.4. The maximum absolute atomic E-state index is 12.4. The number of aromatic amines is 1. The molecule has 0 aliphatic carbocycles. The number of pyridine rings is 1. The van der Waals surface area contributed by atoms with Gasteiger partial charge >= 0.3 is 5.97 Å². The van der Waals surface area contributed by atoms with Crippen LogP contribution in [0.15, 0.2) is 35.1 Å². The van der Waals surface area contributed by atoms with Gasteiger partial charge in [-0.3, -0.25) is 14.4 Å². The monoisotopic (exact) mass is 314 g/mol. The average molecular weight is 314 g/mol. The van der Waals surface area contributed by atoms with Crippen LogP contribution in [0.2, 0.25) is 0 Å². The molecule has 1 aromatic heterocycles. The molecule has 1 saturated heterocycles. The molecule has 1 amide bonds. The van der Waals surface area contributed by atoms with Crippen molar-refractivity contribution in [2.45, 2.75) is 19.3 Å². The molecule has 1 aliphatic rings. The molecule has 1 aliphatic heterocycles. The Hall–Kier alpha value is -2.63. The molecular weight excluding hydrogens is 296 g/mol. The number of hydrogen-bond donors (Lipinski definition) is 2. The molecule has 1 fully saturated rings. The number of piperidine rings is 1. The molecule has 0 spiro atoms. The zero-order valence-corrected chi connectivity index (χ0v) is 12.6. The third-order valence-electron chi connectivity index (χ3n) is 4.30. The number of carbonyl (C=O) groups is 2. The maximum Gasteiger partial charge on any atom is 0.308 e. The molecule has 6 heteroatoms. The van der Waals surface area contributed by atoms with Gasteiger partial charge in [0.25, 0.3) is 5.56 Å². The van der Waals surface area contributed by atoms with E-state index in [1.807, 2.05) is 24.3 Å². The van der Waals surface area contributed by atoms with Crippen molar-refractivity contribution < 1.29 is 14.7 Å². The number of rotatable bonds is 3. The van der Waals surface area contributed by atoms with Gasteiger partial charge in [0.1, 0.15) is 0 Å². The number of para-hydroxylation sites is 1. The Balaban J connectivity index is 1.78. The van der Waals surface area contributed by atoms with Gasteiger partial charge in [-0.2, -0.15) is 0 Å². The lowest BCUT2D eigenvalue weighted by atomic mass is 9.97. The number of aromatic nitrogens is 1. The number of nitrogens with one attached hydrogen (secondary N) is 1. The SMILES string of the molecule is O=C(O)C1CCCN(C(=O)Cc2cc3ccccc3[nH]c2=O)C1. The molecule has 23 heavy (non-hydrogen) atoms. The summed E-state index contributed by atoms with van der Waals surface area (Å²) in [6.07, 6.45) is 1.26. The van der Waals surface area contributed by atoms with Gasteiger partial charge in [-0.1, -0.05) is 18.2 Å². The van der Waals surface area contributed by atoms with E-state index in [0.29, 0.717) is 24.9 Å². The summed E-state index contributed by atoms with van der Waals surface area (Å²) >= 11 is 0. The van der Waals surface area contributed by atoms with Crippen LogP contribution < -0.4 is 5.56 Å². The van der Waals surface area contributed by atoms with Gasteiger partial charge in [0, 0.05) is 24.2 Å². The molecular formula is C17H18N2O4. The Morgan fingerprint density at radius 3 is 2.87 bits per heavy atom. The summed E-state index contributed by atoms with van der Waals surface area (Å²) in [4.78, 5) is 39.9. The van der Waals surface area contributed by atoms with Crippen molar-refractivity contribution in [1.82, 2.24) is 9.88 Å². The van der Waals surface area contributed by atoms with E-state index >= 15 is 0 Å². The summed E-state index contributed by atoms with van der Waals surface area (Å²) in [7, 11) is 0. The smallest absolute Gasteiger partial charge is 0.308 e. The molecule has 0 saturated carbocycles. The predicted molar refractivity (Wildman–Crippen MR) is 85.2 cm³/mol. The summed E-state index contributed by atoms with van der Waals surface area (Å²) in [5, 5.41) is 9.97. The van der Waals surface area contributed by atoms with Gasteiger partial charge in [0.15, 0.2) is 0 Å². The molecule has 120 valence electrons. The number of likely N-dealkylation sites (tertiary alicyclic amines) is 1. The standard InChI is InChI=1S/C17H18N2O4/c20-15(19-7-3-5-12(10-19)17(22)23)9-13-8-11-4-1-2-6-14(11)18-16(13)21/h1-2,4,6,8,12H,3,5,7,9-10H2,(H,18,21)(H,22,23). The Labute approximate surface area is 132 Å². The van der Waals surface area contributed by atoms with Gasteiger partial charge in [-0.15, -0.1) is 0 Å². The first kappa shape index (κ1) is 15.3. The molecule has 2 heterocycles. The average Bonchev–Trinajstić information content (AvgIpc) is 2.55. The molecule has 1 aromatic carbocycles. The van der Waals surface area contributed by atoms with Crippen molar-refractivity contribution >= 4 is 22.8 Å². The number of carboxylic acids is 1. The van der Waals surface area contributed by atoms with Crippen LogP contribution in [0.3, 0.4) is 0 Å². The van der Waals surface area contributed by atoms with E-state index in [1.54, 1.807) is 11.0 Å². The molecule has 3 rings (SSSR count). The second-order valence-electron chi connectivity index (χ2n) is 5.90. The first-order valence-electron chi connectivity index (χ1n) is 7.66. The zero-order chi connectivity index (χ0) is 16.4. The molecule has 2 aromatic rings. The summed E-state index contributed by atoms with van der Waals surface area (Å²) in [5.74, 6) is -1.58. The Kier molecular flexibility index (Phi) is 4.14. The second-order valence-corrected chi connectivity index (χ2v) is 5.90. The fraction of sp³-hybridized carbons (Fsp3) is 0.353. The Morgan fingerprint density at radius 1 is 1.30 bits per heavy atom. The van der Waals surface area contributed by atoms with Crippen LogP contribution in [-0.2, 0) is 16.0 Å². The highest BCUT2D eigenvalue weighted by molar-refractivity contribution is 5.83. The number of benzene rings is 1. The normalized spacial score (nSPS) is 18.1. The molecule has 6 nitrogen and oxygen atoms in total. The van der Waals surface area contributed by atoms with Crippen LogP contribution in [-0.4, -0.2) is 40.0 Å². The van der Waals surface area contributed by atoms with Gasteiger partial charge in [0.2, 0.25) is 5.91 Å². The summed E-state index contributed by atoms with van der Waals surface area (Å²) in [6.45, 7) is 0.772. The lowest BCUT2D eigenvalue weighted by molar-refractivity contribution is -0.145. The highest BCUT2D eigenvalue weighted by Gasteiger charge is 2.28. The maximum atomic E-state index is 12.4. The second kappa shape index (κ2) is 6.24. The fourth-order valence-electron chi connectivity index (χ4n) is 3.00. The number of aliphatic carboxylic acids is 1. The highest BCUT2D eigenvalue weighted by Crippen LogP contribution is 2.18. The topological polar surface area (TPSA) is 90.5 Å². The van der Waals surface area contributed by atoms with E-state index in [0.717, 1.165) is 10.9 Å². The Morgan fingerprint density at radius 2 is 2.09 bits per heavy atom. The van der Waals surface area contributed by atoms with E-state index < -0.39 is 11.9 Å². The van der Waals surface area contributed by atoms with Crippen LogP contribution in [0.1, 0.15) is 18.4 Å². The molecule has 0 bridgehead atoms. The van der Waals surface area contributed by atoms with E-state index in [4.69, 9.17) is 5.11 Å². The number of amides is 1. The molecule has 2 N–H and O–H groups in total. The van der Waals surface area contributed by atoms with E-state index in [-0.39, 0.29) is 24.4 Å². The third-order valence-corrected chi connectivity index (χ3v) is 4.30. The Bertz CT molecular complexity index is 812. The van der Waals surface area contributed by atoms with Crippen molar-refractivity contribution in [3.8, 4) is 0 Å². The van der Waals surface area contributed by atoms with Crippen molar-refractivity contribution in [1.29, 1.82) is 0 Å². The van der Waals surface area contributed by atoms with Crippen molar-refractivity contribution in [3.05, 3.63) is 46.2 Å². The van der Waals surface area contributed by atoms with Crippen molar-refractivity contribution in [2.75, 3.05) is 13.1 Å². The van der Waals surface area contributed by atoms with Crippen LogP contribution in [0.5, 0.6) is 0 Å². The van der Waals surface area contributed by atoms with Crippen LogP contribution >= 0.6 is 0 Å². The van der Waals surface area contributed by atoms with Crippen LogP contribution in [0.4, 0.5) is 0 Å². The van der Waals surface area contributed by atoms with Gasteiger partial charge in [0.05, 0.1) is 12.3 Å². The minimum Gasteiger partial charge on any atom is -0.481 e. The predicted octanol–water partition coefficient (Wildman–Crippen LogP) is 1.39. The van der Waals surface area contributed by atoms with E-state index in [2.05, 4.69) is 4.98 Å². The number of carbonyl (C=O) groups excluding carboxylic acids is 1. The van der Waals surface area contributed by atoms with Crippen LogP contribution in [0, 0.1) is 5.92 Å². The van der Waals surface area contributed by atoms with Gasteiger partial charge in [-0.25, -0.2) is 0 Å². The number of nitrogens with zero attached hydrogens (tertiary/aromatic N) is 1. The van der Waals surface area contributed by atoms with Gasteiger partial charge < -0.3 is 15.0 Å². The lowest BCUT2D eigenvalue weighted by Gasteiger charge is -2.30. The first-order valence-corrected chi connectivity index (χ1v) is 7.66. The van der Waals surface area contributed by atoms with E-state index in [1.165, 1.54) is 0 Å². The number of carboxylic acid groups (broad SMARTS) is 1. The number of fused-ring (bicyclic) bond motifs is 1. The number of H-pyrrole nitrogens is 1. The molecule has 0 radical (unpaired) electrons. The van der Waals surface area contributed by atoms with Crippen molar-refractivity contribution in [2.24, 2.45) is 5.92 Å². The fourth-order valence-corrected chi connectivity index (χ4v) is 3.00. The van der Waals surface area contributed by atoms with Crippen molar-refractivity contribution in [3.63, 3.8) is 0 Å². The minimum absolute atomic E-state index is 0.00743. The zero-order valence-electron chi connectivity index (χ0n) is 12.6. The summed E-state index contributed by atoms with van der Waals surface area (Å²) in [6, 6.07) is 9.12. The summed E-state index contributed by atoms with van der Waals surface area (Å²) in [5.41, 5.74) is 0.868. The quantitative estimate of drug-likeness (QED) is 0.896. The van der Waals surface area contributed by atoms with Gasteiger partial charge in [-0.05, 0) is 30.4 Å². The summed E-state index contributed by atoms with van der Waals surface area (Å²) < 4.78 is 0. The van der Waals surface area contributed by atoms with E-state index in [9.17, 15) is 14.4 Å². The van der Waals surface area contributed by atoms with Crippen LogP contribution in [0.25, 0.3) is 10.9 Å². The third kappa shape index (κ3) is 3.26. The first-order chi connectivity index (χ1) is 11.0.